The molecule has 1 amide bonds. The molecule has 2 fully saturated rings. The molecule has 2 heterocycles. The lowest BCUT2D eigenvalue weighted by Crippen LogP contribution is -2.56. The fourth-order valence-corrected chi connectivity index (χ4v) is 5.21. The third kappa shape index (κ3) is 3.44. The van der Waals surface area contributed by atoms with E-state index >= 15 is 0 Å². The van der Waals surface area contributed by atoms with Gasteiger partial charge in [-0.05, 0) is 19.1 Å². The highest BCUT2D eigenvalue weighted by Crippen LogP contribution is 2.38. The molecular weight excluding hydrogens is 344 g/mol. The number of carbonyl (C=O) groups excluding carboxylic acids is 1. The summed E-state index contributed by atoms with van der Waals surface area (Å²) >= 11 is 0. The maximum Gasteiger partial charge on any atom is 0.248 e. The second-order valence-electron chi connectivity index (χ2n) is 6.50. The summed E-state index contributed by atoms with van der Waals surface area (Å²) in [6, 6.07) is 6.85. The van der Waals surface area contributed by atoms with Crippen molar-refractivity contribution in [3.8, 4) is 0 Å². The van der Waals surface area contributed by atoms with E-state index in [0.29, 0.717) is 39.1 Å². The van der Waals surface area contributed by atoms with Gasteiger partial charge in [-0.2, -0.15) is 4.31 Å². The Kier molecular flexibility index (Phi) is 5.15. The SMILES string of the molecule is COCC(=O)N1CCC2(CC1)OCCN2S(=O)(=O)c1ccc(C)cc1. The molecule has 0 unspecified atom stereocenters. The predicted octanol–water partition coefficient (Wildman–Crippen LogP) is 0.981. The molecule has 0 atom stereocenters. The van der Waals surface area contributed by atoms with Crippen LogP contribution in [0.2, 0.25) is 0 Å². The van der Waals surface area contributed by atoms with Crippen LogP contribution in [-0.2, 0) is 24.3 Å². The van der Waals surface area contributed by atoms with Crippen LogP contribution < -0.4 is 0 Å². The number of sulfonamides is 1. The molecule has 2 aliphatic rings. The standard InChI is InChI=1S/C17H24N2O5S/c1-14-3-5-15(6-4-14)25(21,22)19-11-12-24-17(19)7-9-18(10-8-17)16(20)13-23-2/h3-6H,7-13H2,1-2H3. The van der Waals surface area contributed by atoms with Crippen molar-refractivity contribution in [2.45, 2.75) is 30.4 Å². The quantitative estimate of drug-likeness (QED) is 0.792. The molecule has 0 radical (unpaired) electrons. The molecular formula is C17H24N2O5S. The second-order valence-corrected chi connectivity index (χ2v) is 8.36. The Morgan fingerprint density at radius 2 is 1.84 bits per heavy atom. The Labute approximate surface area is 148 Å². The summed E-state index contributed by atoms with van der Waals surface area (Å²) in [6.45, 7) is 3.59. The first-order chi connectivity index (χ1) is 11.9. The molecule has 0 aromatic heterocycles. The van der Waals surface area contributed by atoms with Gasteiger partial charge < -0.3 is 14.4 Å². The van der Waals surface area contributed by atoms with E-state index in [1.165, 1.54) is 11.4 Å². The van der Waals surface area contributed by atoms with Gasteiger partial charge in [0.1, 0.15) is 12.3 Å². The number of ether oxygens (including phenoxy) is 2. The molecule has 7 nitrogen and oxygen atoms in total. The van der Waals surface area contributed by atoms with Crippen molar-refractivity contribution in [2.75, 3.05) is 40.0 Å². The maximum absolute atomic E-state index is 13.1. The molecule has 0 N–H and O–H groups in total. The lowest BCUT2D eigenvalue weighted by atomic mass is 10.0. The lowest BCUT2D eigenvalue weighted by Gasteiger charge is -2.42. The molecule has 0 bridgehead atoms. The third-order valence-corrected chi connectivity index (χ3v) is 6.86. The van der Waals surface area contributed by atoms with Gasteiger partial charge in [0, 0.05) is 39.6 Å². The highest BCUT2D eigenvalue weighted by Gasteiger charge is 2.50. The highest BCUT2D eigenvalue weighted by molar-refractivity contribution is 7.89. The normalized spacial score (nSPS) is 21.0. The van der Waals surface area contributed by atoms with Crippen LogP contribution in [0.15, 0.2) is 29.2 Å². The van der Waals surface area contributed by atoms with Gasteiger partial charge in [0.05, 0.1) is 11.5 Å². The molecule has 1 spiro atoms. The maximum atomic E-state index is 13.1. The van der Waals surface area contributed by atoms with Crippen LogP contribution in [0.25, 0.3) is 0 Å². The van der Waals surface area contributed by atoms with Crippen molar-refractivity contribution in [3.63, 3.8) is 0 Å². The predicted molar refractivity (Wildman–Crippen MR) is 91.4 cm³/mol. The van der Waals surface area contributed by atoms with Gasteiger partial charge in [0.2, 0.25) is 15.9 Å². The first kappa shape index (κ1) is 18.3. The summed E-state index contributed by atoms with van der Waals surface area (Å²) in [5, 5.41) is 0. The average Bonchev–Trinajstić information content (AvgIpc) is 3.00. The zero-order chi connectivity index (χ0) is 18.1. The third-order valence-electron chi connectivity index (χ3n) is 4.89. The van der Waals surface area contributed by atoms with E-state index in [1.807, 2.05) is 6.92 Å². The van der Waals surface area contributed by atoms with E-state index in [2.05, 4.69) is 0 Å². The van der Waals surface area contributed by atoms with Crippen LogP contribution in [0.3, 0.4) is 0 Å². The summed E-state index contributed by atoms with van der Waals surface area (Å²) < 4.78 is 38.4. The van der Waals surface area contributed by atoms with E-state index in [0.717, 1.165) is 5.56 Å². The molecule has 0 aliphatic carbocycles. The van der Waals surface area contributed by atoms with Gasteiger partial charge in [-0.15, -0.1) is 0 Å². The van der Waals surface area contributed by atoms with Crippen molar-refractivity contribution in [1.29, 1.82) is 0 Å². The van der Waals surface area contributed by atoms with Gasteiger partial charge in [-0.3, -0.25) is 4.79 Å². The topological polar surface area (TPSA) is 76.2 Å². The molecule has 2 aliphatic heterocycles. The molecule has 1 aromatic carbocycles. The van der Waals surface area contributed by atoms with Crippen LogP contribution in [-0.4, -0.2) is 69.2 Å². The van der Waals surface area contributed by atoms with Gasteiger partial charge >= 0.3 is 0 Å². The van der Waals surface area contributed by atoms with Crippen LogP contribution >= 0.6 is 0 Å². The summed E-state index contributed by atoms with van der Waals surface area (Å²) in [5.74, 6) is -0.0803. The summed E-state index contributed by atoms with van der Waals surface area (Å²) in [4.78, 5) is 13.9. The van der Waals surface area contributed by atoms with E-state index in [9.17, 15) is 13.2 Å². The zero-order valence-electron chi connectivity index (χ0n) is 14.6. The zero-order valence-corrected chi connectivity index (χ0v) is 15.4. The number of piperidine rings is 1. The molecule has 2 saturated heterocycles. The highest BCUT2D eigenvalue weighted by atomic mass is 32.2. The van der Waals surface area contributed by atoms with Crippen molar-refractivity contribution < 1.29 is 22.7 Å². The van der Waals surface area contributed by atoms with Crippen molar-refractivity contribution in [1.82, 2.24) is 9.21 Å². The Morgan fingerprint density at radius 1 is 1.20 bits per heavy atom. The summed E-state index contributed by atoms with van der Waals surface area (Å²) in [7, 11) is -2.15. The fraction of sp³-hybridized carbons (Fsp3) is 0.588. The van der Waals surface area contributed by atoms with Crippen LogP contribution in [0.5, 0.6) is 0 Å². The van der Waals surface area contributed by atoms with E-state index in [1.54, 1.807) is 29.2 Å². The number of rotatable bonds is 4. The Bertz CT molecular complexity index is 724. The molecule has 25 heavy (non-hydrogen) atoms. The number of amides is 1. The van der Waals surface area contributed by atoms with Gasteiger partial charge in [0.15, 0.2) is 0 Å². The fourth-order valence-electron chi connectivity index (χ4n) is 3.48. The largest absolute Gasteiger partial charge is 0.375 e. The van der Waals surface area contributed by atoms with Crippen LogP contribution in [0.1, 0.15) is 18.4 Å². The Balaban J connectivity index is 1.79. The molecule has 138 valence electrons. The molecule has 8 heteroatoms. The molecule has 1 aromatic rings. The first-order valence-electron chi connectivity index (χ1n) is 8.39. The minimum Gasteiger partial charge on any atom is -0.375 e. The smallest absolute Gasteiger partial charge is 0.248 e. The lowest BCUT2D eigenvalue weighted by molar-refractivity contribution is -0.143. The van der Waals surface area contributed by atoms with E-state index in [4.69, 9.17) is 9.47 Å². The van der Waals surface area contributed by atoms with Gasteiger partial charge in [-0.1, -0.05) is 17.7 Å². The first-order valence-corrected chi connectivity index (χ1v) is 9.83. The number of methoxy groups -OCH3 is 1. The Morgan fingerprint density at radius 3 is 2.44 bits per heavy atom. The number of carbonyl (C=O) groups is 1. The van der Waals surface area contributed by atoms with Crippen molar-refractivity contribution >= 4 is 15.9 Å². The van der Waals surface area contributed by atoms with E-state index in [-0.39, 0.29) is 17.4 Å². The number of nitrogens with zero attached hydrogens (tertiary/aromatic N) is 2. The average molecular weight is 368 g/mol. The number of benzene rings is 1. The number of aryl methyl sites for hydroxylation is 1. The Hall–Kier alpha value is -1.48. The minimum atomic E-state index is -3.63. The molecule has 3 rings (SSSR count). The summed E-state index contributed by atoms with van der Waals surface area (Å²) in [5.41, 5.74) is 0.157. The number of likely N-dealkylation sites (tertiary alicyclic amines) is 1. The number of hydrogen-bond acceptors (Lipinski definition) is 5. The molecule has 0 saturated carbocycles. The van der Waals surface area contributed by atoms with E-state index < -0.39 is 15.7 Å². The monoisotopic (exact) mass is 368 g/mol. The summed E-state index contributed by atoms with van der Waals surface area (Å²) in [6.07, 6.45) is 0.932. The van der Waals surface area contributed by atoms with Gasteiger partial charge in [0.25, 0.3) is 0 Å². The minimum absolute atomic E-state index is 0.0409. The second kappa shape index (κ2) is 7.03. The van der Waals surface area contributed by atoms with Crippen LogP contribution in [0.4, 0.5) is 0 Å². The van der Waals surface area contributed by atoms with Crippen molar-refractivity contribution in [2.24, 2.45) is 0 Å². The van der Waals surface area contributed by atoms with Crippen molar-refractivity contribution in [3.05, 3.63) is 29.8 Å². The number of hydrogen-bond donors (Lipinski definition) is 0. The van der Waals surface area contributed by atoms with Gasteiger partial charge in [-0.25, -0.2) is 8.42 Å². The van der Waals surface area contributed by atoms with Crippen LogP contribution in [0, 0.1) is 6.92 Å².